The molecule has 2 heterocycles. The van der Waals surface area contributed by atoms with Crippen molar-refractivity contribution >= 4 is 17.8 Å². The van der Waals surface area contributed by atoms with Gasteiger partial charge < -0.3 is 4.57 Å². The van der Waals surface area contributed by atoms with Crippen LogP contribution in [-0.4, -0.2) is 33.4 Å². The Morgan fingerprint density at radius 2 is 2.00 bits per heavy atom. The first-order valence-electron chi connectivity index (χ1n) is 9.00. The van der Waals surface area contributed by atoms with Gasteiger partial charge in [-0.15, -0.1) is 11.6 Å². The van der Waals surface area contributed by atoms with E-state index in [0.717, 1.165) is 50.0 Å². The first-order chi connectivity index (χ1) is 11.1. The molecule has 3 aliphatic rings. The molecule has 1 aliphatic heterocycles. The van der Waals surface area contributed by atoms with Gasteiger partial charge in [-0.05, 0) is 39.0 Å². The van der Waals surface area contributed by atoms with Gasteiger partial charge in [-0.3, -0.25) is 4.99 Å². The highest BCUT2D eigenvalue weighted by Crippen LogP contribution is 2.46. The van der Waals surface area contributed by atoms with E-state index in [1.807, 2.05) is 12.4 Å². The highest BCUT2D eigenvalue weighted by Gasteiger charge is 2.44. The molecule has 0 N–H and O–H groups in total. The van der Waals surface area contributed by atoms with E-state index in [-0.39, 0.29) is 17.3 Å². The van der Waals surface area contributed by atoms with Crippen molar-refractivity contribution in [2.24, 2.45) is 16.8 Å². The number of hydrogen-bond donors (Lipinski definition) is 0. The standard InChI is InChI=1S/C18H25ClFN3/c1-11-21-9-13-10-22-18(14-4-2-3-5-16(14)20)15-8-12(19)6-7-17(15)23(11)13/h9-10,12,14-18H,2-8H2,1H3. The van der Waals surface area contributed by atoms with Crippen LogP contribution < -0.4 is 0 Å². The molecule has 23 heavy (non-hydrogen) atoms. The third-order valence-electron chi connectivity index (χ3n) is 6.13. The fraction of sp³-hybridized carbons (Fsp3) is 0.778. The summed E-state index contributed by atoms with van der Waals surface area (Å²) in [7, 11) is 0. The predicted octanol–water partition coefficient (Wildman–Crippen LogP) is 4.47. The second kappa shape index (κ2) is 6.19. The number of imidazole rings is 1. The van der Waals surface area contributed by atoms with E-state index in [1.165, 1.54) is 0 Å². The maximum Gasteiger partial charge on any atom is 0.106 e. The number of aromatic nitrogens is 2. The monoisotopic (exact) mass is 337 g/mol. The Morgan fingerprint density at radius 1 is 1.17 bits per heavy atom. The van der Waals surface area contributed by atoms with Crippen molar-refractivity contribution in [2.45, 2.75) is 75.5 Å². The summed E-state index contributed by atoms with van der Waals surface area (Å²) in [5, 5.41) is 0.195. The molecule has 0 spiro atoms. The molecule has 1 aromatic heterocycles. The molecular formula is C18H25ClFN3. The molecule has 0 amide bonds. The predicted molar refractivity (Wildman–Crippen MR) is 91.2 cm³/mol. The zero-order valence-electron chi connectivity index (χ0n) is 13.7. The number of halogens is 2. The van der Waals surface area contributed by atoms with Gasteiger partial charge >= 0.3 is 0 Å². The highest BCUT2D eigenvalue weighted by molar-refractivity contribution is 6.20. The van der Waals surface area contributed by atoms with Crippen LogP contribution in [0.3, 0.4) is 0 Å². The molecule has 3 nitrogen and oxygen atoms in total. The second-order valence-corrected chi connectivity index (χ2v) is 8.09. The van der Waals surface area contributed by atoms with Crippen LogP contribution in [0.5, 0.6) is 0 Å². The molecule has 0 radical (unpaired) electrons. The smallest absolute Gasteiger partial charge is 0.106 e. The lowest BCUT2D eigenvalue weighted by Crippen LogP contribution is -2.42. The van der Waals surface area contributed by atoms with Crippen LogP contribution >= 0.6 is 11.6 Å². The molecule has 0 aromatic carbocycles. The van der Waals surface area contributed by atoms with Crippen LogP contribution in [0.25, 0.3) is 0 Å². The minimum atomic E-state index is -0.709. The summed E-state index contributed by atoms with van der Waals surface area (Å²) in [6.45, 7) is 2.06. The topological polar surface area (TPSA) is 30.2 Å². The largest absolute Gasteiger partial charge is 0.324 e. The minimum Gasteiger partial charge on any atom is -0.324 e. The van der Waals surface area contributed by atoms with E-state index < -0.39 is 6.17 Å². The number of aryl methyl sites for hydroxylation is 1. The van der Waals surface area contributed by atoms with Crippen molar-refractivity contribution in [3.8, 4) is 0 Å². The lowest BCUT2D eigenvalue weighted by Gasteiger charge is -2.42. The molecule has 6 atom stereocenters. The summed E-state index contributed by atoms with van der Waals surface area (Å²) >= 11 is 6.50. The quantitative estimate of drug-likeness (QED) is 0.695. The fourth-order valence-corrected chi connectivity index (χ4v) is 5.35. The molecule has 0 bridgehead atoms. The summed E-state index contributed by atoms with van der Waals surface area (Å²) in [5.41, 5.74) is 1.07. The third kappa shape index (κ3) is 2.73. The molecule has 0 saturated heterocycles. The lowest BCUT2D eigenvalue weighted by molar-refractivity contribution is 0.0906. The van der Waals surface area contributed by atoms with Gasteiger partial charge in [0.15, 0.2) is 0 Å². The Bertz CT molecular complexity index is 599. The number of hydrogen-bond acceptors (Lipinski definition) is 2. The van der Waals surface area contributed by atoms with E-state index in [1.54, 1.807) is 0 Å². The Balaban J connectivity index is 1.72. The minimum absolute atomic E-state index is 0.0624. The van der Waals surface area contributed by atoms with Gasteiger partial charge in [0.25, 0.3) is 0 Å². The van der Waals surface area contributed by atoms with Crippen molar-refractivity contribution in [3.63, 3.8) is 0 Å². The molecule has 2 aliphatic carbocycles. The molecule has 4 rings (SSSR count). The van der Waals surface area contributed by atoms with Crippen molar-refractivity contribution in [1.82, 2.24) is 9.55 Å². The van der Waals surface area contributed by atoms with E-state index in [9.17, 15) is 4.39 Å². The Labute approximate surface area is 142 Å². The number of rotatable bonds is 1. The van der Waals surface area contributed by atoms with Crippen molar-refractivity contribution in [3.05, 3.63) is 17.7 Å². The van der Waals surface area contributed by atoms with Gasteiger partial charge in [-0.1, -0.05) is 12.8 Å². The van der Waals surface area contributed by atoms with E-state index in [4.69, 9.17) is 16.6 Å². The Kier molecular flexibility index (Phi) is 4.21. The Morgan fingerprint density at radius 3 is 2.83 bits per heavy atom. The molecular weight excluding hydrogens is 313 g/mol. The number of nitrogens with zero attached hydrogens (tertiary/aromatic N) is 3. The van der Waals surface area contributed by atoms with Gasteiger partial charge in [-0.25, -0.2) is 9.37 Å². The molecule has 6 unspecified atom stereocenters. The van der Waals surface area contributed by atoms with Gasteiger partial charge in [0.2, 0.25) is 0 Å². The average Bonchev–Trinajstić information content (AvgIpc) is 2.82. The van der Waals surface area contributed by atoms with Crippen molar-refractivity contribution < 1.29 is 4.39 Å². The van der Waals surface area contributed by atoms with Crippen molar-refractivity contribution in [2.75, 3.05) is 0 Å². The van der Waals surface area contributed by atoms with E-state index in [0.29, 0.717) is 18.4 Å². The second-order valence-electron chi connectivity index (χ2n) is 7.47. The number of fused-ring (bicyclic) bond motifs is 3. The number of aliphatic imine (C=N–C) groups is 1. The molecule has 2 fully saturated rings. The van der Waals surface area contributed by atoms with Crippen LogP contribution in [0.2, 0.25) is 0 Å². The Hall–Kier alpha value is -0.900. The average molecular weight is 338 g/mol. The van der Waals surface area contributed by atoms with Crippen LogP contribution in [0.4, 0.5) is 4.39 Å². The first kappa shape index (κ1) is 15.6. The first-order valence-corrected chi connectivity index (χ1v) is 9.44. The van der Waals surface area contributed by atoms with E-state index in [2.05, 4.69) is 16.5 Å². The zero-order valence-corrected chi connectivity index (χ0v) is 14.4. The normalized spacial score (nSPS) is 40.3. The summed E-state index contributed by atoms with van der Waals surface area (Å²) in [4.78, 5) is 9.35. The SMILES string of the molecule is Cc1ncc2n1C1CCC(Cl)CC1C(C1CCCCC1F)N=C2. The summed E-state index contributed by atoms with van der Waals surface area (Å²) in [6, 6.07) is 0.431. The number of alkyl halides is 2. The van der Waals surface area contributed by atoms with E-state index >= 15 is 0 Å². The van der Waals surface area contributed by atoms with Crippen LogP contribution in [0.1, 0.15) is 62.5 Å². The zero-order chi connectivity index (χ0) is 16.0. The maximum absolute atomic E-state index is 14.6. The third-order valence-corrected chi connectivity index (χ3v) is 6.52. The molecule has 2 saturated carbocycles. The molecule has 1 aromatic rings. The van der Waals surface area contributed by atoms with Crippen LogP contribution in [0, 0.1) is 18.8 Å². The van der Waals surface area contributed by atoms with Gasteiger partial charge in [0, 0.05) is 29.5 Å². The van der Waals surface area contributed by atoms with Gasteiger partial charge in [0.1, 0.15) is 12.0 Å². The lowest BCUT2D eigenvalue weighted by atomic mass is 9.71. The van der Waals surface area contributed by atoms with Crippen LogP contribution in [0.15, 0.2) is 11.2 Å². The summed E-state index contributed by atoms with van der Waals surface area (Å²) in [5.74, 6) is 1.43. The summed E-state index contributed by atoms with van der Waals surface area (Å²) < 4.78 is 17.0. The fourth-order valence-electron chi connectivity index (χ4n) is 5.02. The molecule has 126 valence electrons. The van der Waals surface area contributed by atoms with Crippen LogP contribution in [-0.2, 0) is 0 Å². The van der Waals surface area contributed by atoms with Gasteiger partial charge in [0.05, 0.1) is 17.9 Å². The van der Waals surface area contributed by atoms with Gasteiger partial charge in [-0.2, -0.15) is 0 Å². The highest BCUT2D eigenvalue weighted by atomic mass is 35.5. The van der Waals surface area contributed by atoms with Crippen molar-refractivity contribution in [1.29, 1.82) is 0 Å². The molecule has 5 heteroatoms. The maximum atomic E-state index is 14.6. The summed E-state index contributed by atoms with van der Waals surface area (Å²) in [6.07, 6.45) is 9.95.